The topological polar surface area (TPSA) is 33.1 Å². The van der Waals surface area contributed by atoms with E-state index in [9.17, 15) is 0 Å². The van der Waals surface area contributed by atoms with Crippen LogP contribution >= 0.6 is 0 Å². The van der Waals surface area contributed by atoms with E-state index in [1.807, 2.05) is 49.4 Å². The lowest BCUT2D eigenvalue weighted by Crippen LogP contribution is -2.11. The minimum absolute atomic E-state index is 0.220. The summed E-state index contributed by atoms with van der Waals surface area (Å²) in [5.74, 6) is 0.733. The Hall–Kier alpha value is -2.03. The van der Waals surface area contributed by atoms with E-state index in [2.05, 4.69) is 6.58 Å². The van der Waals surface area contributed by atoms with Gasteiger partial charge in [-0.05, 0) is 24.6 Å². The van der Waals surface area contributed by atoms with E-state index in [0.29, 0.717) is 12.0 Å². The summed E-state index contributed by atoms with van der Waals surface area (Å²) in [6.45, 7) is 5.85. The van der Waals surface area contributed by atoms with Gasteiger partial charge in [0.25, 0.3) is 0 Å². The fourth-order valence-electron chi connectivity index (χ4n) is 1.45. The molecule has 0 amide bonds. The van der Waals surface area contributed by atoms with Crippen LogP contribution in [0.4, 0.5) is 0 Å². The van der Waals surface area contributed by atoms with Crippen LogP contribution in [0.15, 0.2) is 60.7 Å². The summed E-state index contributed by atoms with van der Waals surface area (Å²) in [5.41, 5.74) is 2.22. The molecule has 1 N–H and O–H groups in total. The van der Waals surface area contributed by atoms with Gasteiger partial charge in [-0.2, -0.15) is 0 Å². The van der Waals surface area contributed by atoms with Crippen LogP contribution in [0, 0.1) is 5.41 Å². The molecule has 19 heavy (non-hydrogen) atoms. The molecule has 0 aliphatic carbocycles. The Morgan fingerprint density at radius 2 is 2.05 bits per heavy atom. The largest absolute Gasteiger partial charge is 0.487 e. The summed E-state index contributed by atoms with van der Waals surface area (Å²) < 4.78 is 5.55. The van der Waals surface area contributed by atoms with Crippen molar-refractivity contribution < 1.29 is 4.74 Å². The zero-order chi connectivity index (χ0) is 14.1. The number of hydrogen-bond acceptors (Lipinski definition) is 2. The van der Waals surface area contributed by atoms with E-state index in [-0.39, 0.29) is 6.61 Å². The number of ether oxygens (including phenoxy) is 1. The van der Waals surface area contributed by atoms with Gasteiger partial charge in [0.15, 0.2) is 0 Å². The molecule has 3 heteroatoms. The second kappa shape index (κ2) is 8.14. The van der Waals surface area contributed by atoms with Crippen LogP contribution in [0.1, 0.15) is 12.5 Å². The predicted molar refractivity (Wildman–Crippen MR) is 82.2 cm³/mol. The molecule has 1 aromatic rings. The molecule has 0 saturated heterocycles. The Kier molecular flexibility index (Phi) is 6.44. The molecule has 0 fully saturated rings. The van der Waals surface area contributed by atoms with Crippen LogP contribution in [0.2, 0.25) is 0 Å². The van der Waals surface area contributed by atoms with Crippen molar-refractivity contribution in [3.05, 3.63) is 66.3 Å². The van der Waals surface area contributed by atoms with Gasteiger partial charge in [-0.1, -0.05) is 54.9 Å². The van der Waals surface area contributed by atoms with E-state index in [1.54, 1.807) is 6.08 Å². The Morgan fingerprint density at radius 1 is 1.37 bits per heavy atom. The predicted octanol–water partition coefficient (Wildman–Crippen LogP) is 3.44. The zero-order valence-electron chi connectivity index (χ0n) is 11.2. The number of hydrogen-bond donors (Lipinski definition) is 1. The first-order valence-corrected chi connectivity index (χ1v) is 6.16. The highest BCUT2D eigenvalue weighted by molar-refractivity contribution is 6.08. The van der Waals surface area contributed by atoms with Crippen LogP contribution < -0.4 is 4.74 Å². The molecule has 1 rings (SSSR count). The number of nitrogens with one attached hydrogen (secondary N) is 1. The third-order valence-corrected chi connectivity index (χ3v) is 2.58. The van der Waals surface area contributed by atoms with Crippen molar-refractivity contribution >= 4 is 13.6 Å². The molecule has 0 bridgehead atoms. The van der Waals surface area contributed by atoms with Crippen LogP contribution in [-0.2, 0) is 6.32 Å². The minimum Gasteiger partial charge on any atom is -0.487 e. The van der Waals surface area contributed by atoms with E-state index in [4.69, 9.17) is 18.0 Å². The summed E-state index contributed by atoms with van der Waals surface area (Å²) in [7, 11) is 5.53. The fourth-order valence-corrected chi connectivity index (χ4v) is 1.45. The first-order valence-electron chi connectivity index (χ1n) is 6.16. The lowest BCUT2D eigenvalue weighted by atomic mass is 9.97. The Bertz CT molecular complexity index is 486. The van der Waals surface area contributed by atoms with Gasteiger partial charge in [-0.3, -0.25) is 0 Å². The minimum atomic E-state index is 0.220. The summed E-state index contributed by atoms with van der Waals surface area (Å²) >= 11 is 0. The van der Waals surface area contributed by atoms with Crippen LogP contribution in [0.5, 0.6) is 5.75 Å². The Labute approximate surface area is 116 Å². The average Bonchev–Trinajstić information content (AvgIpc) is 2.46. The van der Waals surface area contributed by atoms with E-state index >= 15 is 0 Å². The van der Waals surface area contributed by atoms with Crippen LogP contribution in [-0.4, -0.2) is 20.2 Å². The Balaban J connectivity index is 2.59. The third-order valence-electron chi connectivity index (χ3n) is 2.58. The molecule has 0 spiro atoms. The number of rotatable bonds is 7. The maximum atomic E-state index is 7.93. The highest BCUT2D eigenvalue weighted by atomic mass is 16.5. The lowest BCUT2D eigenvalue weighted by molar-refractivity contribution is 0.376. The van der Waals surface area contributed by atoms with Crippen molar-refractivity contribution in [1.29, 1.82) is 5.41 Å². The van der Waals surface area contributed by atoms with Gasteiger partial charge < -0.3 is 10.1 Å². The van der Waals surface area contributed by atoms with Gasteiger partial charge in [0.05, 0.1) is 13.6 Å². The van der Waals surface area contributed by atoms with Crippen molar-refractivity contribution in [3.8, 4) is 5.75 Å². The van der Waals surface area contributed by atoms with Crippen molar-refractivity contribution in [1.82, 2.24) is 0 Å². The molecule has 0 heterocycles. The molecule has 0 aliphatic rings. The van der Waals surface area contributed by atoms with Crippen LogP contribution in [0.3, 0.4) is 0 Å². The van der Waals surface area contributed by atoms with Crippen molar-refractivity contribution in [2.75, 3.05) is 6.61 Å². The van der Waals surface area contributed by atoms with Crippen LogP contribution in [0.25, 0.3) is 0 Å². The third kappa shape index (κ3) is 5.00. The van der Waals surface area contributed by atoms with Crippen molar-refractivity contribution in [2.45, 2.75) is 13.2 Å². The summed E-state index contributed by atoms with van der Waals surface area (Å²) in [6.07, 6.45) is 7.80. The molecular weight excluding hydrogens is 233 g/mol. The maximum absolute atomic E-state index is 7.93. The molecule has 2 radical (unpaired) electrons. The van der Waals surface area contributed by atoms with E-state index < -0.39 is 0 Å². The van der Waals surface area contributed by atoms with Gasteiger partial charge >= 0.3 is 0 Å². The highest BCUT2D eigenvalue weighted by Crippen LogP contribution is 2.12. The first-order chi connectivity index (χ1) is 9.21. The second-order valence-corrected chi connectivity index (χ2v) is 3.97. The summed E-state index contributed by atoms with van der Waals surface area (Å²) in [6, 6.07) is 7.56. The molecule has 1 aromatic carbocycles. The maximum Gasteiger partial charge on any atom is 0.130 e. The molecule has 0 saturated carbocycles. The number of benzene rings is 1. The lowest BCUT2D eigenvalue weighted by Gasteiger charge is -2.08. The average molecular weight is 251 g/mol. The van der Waals surface area contributed by atoms with Gasteiger partial charge in [0.2, 0.25) is 0 Å². The normalized spacial score (nSPS) is 11.5. The molecule has 0 atom stereocenters. The van der Waals surface area contributed by atoms with E-state index in [0.717, 1.165) is 16.9 Å². The summed E-state index contributed by atoms with van der Waals surface area (Å²) in [4.78, 5) is 0. The quantitative estimate of drug-likeness (QED) is 0.449. The monoisotopic (exact) mass is 251 g/mol. The zero-order valence-corrected chi connectivity index (χ0v) is 11.2. The molecule has 0 aliphatic heterocycles. The number of allylic oxidation sites excluding steroid dienone is 4. The second-order valence-electron chi connectivity index (χ2n) is 3.97. The van der Waals surface area contributed by atoms with E-state index in [1.165, 1.54) is 0 Å². The standard InChI is InChI=1S/C16H18BNO/c1-3-5-6-14(4-2)16(18)12-19-15-9-7-13(11-17)8-10-15/h3-10,18H,2,11-12H2,1H3/b5-3-,14-6+,18-16?. The van der Waals surface area contributed by atoms with Gasteiger partial charge in [-0.25, -0.2) is 0 Å². The van der Waals surface area contributed by atoms with Gasteiger partial charge in [0.1, 0.15) is 12.4 Å². The van der Waals surface area contributed by atoms with Crippen molar-refractivity contribution in [2.24, 2.45) is 0 Å². The summed E-state index contributed by atoms with van der Waals surface area (Å²) in [5, 5.41) is 7.93. The van der Waals surface area contributed by atoms with Gasteiger partial charge in [-0.15, -0.1) is 0 Å². The highest BCUT2D eigenvalue weighted by Gasteiger charge is 2.02. The Morgan fingerprint density at radius 3 is 2.58 bits per heavy atom. The molecule has 2 nitrogen and oxygen atoms in total. The van der Waals surface area contributed by atoms with Gasteiger partial charge in [0, 0.05) is 0 Å². The smallest absolute Gasteiger partial charge is 0.130 e. The first kappa shape index (κ1) is 15.0. The molecule has 0 unspecified atom stereocenters. The van der Waals surface area contributed by atoms with Crippen molar-refractivity contribution in [3.63, 3.8) is 0 Å². The molecular formula is C16H18BNO. The molecule has 0 aromatic heterocycles. The fraction of sp³-hybridized carbons (Fsp3) is 0.188. The SMILES string of the molecule is [B]Cc1ccc(OCC(=N)/C(C=C)=C/C=C\C)cc1. The molecule has 96 valence electrons.